The molecule has 1 unspecified atom stereocenters. The van der Waals surface area contributed by atoms with Crippen molar-refractivity contribution >= 4 is 15.9 Å². The first-order chi connectivity index (χ1) is 13.0. The minimum atomic E-state index is -3.62. The van der Waals surface area contributed by atoms with Crippen molar-refractivity contribution in [2.75, 3.05) is 26.9 Å². The van der Waals surface area contributed by atoms with Gasteiger partial charge < -0.3 is 14.8 Å². The van der Waals surface area contributed by atoms with Crippen LogP contribution in [0.15, 0.2) is 53.4 Å². The summed E-state index contributed by atoms with van der Waals surface area (Å²) in [6.45, 7) is 1.00. The van der Waals surface area contributed by atoms with E-state index in [1.54, 1.807) is 0 Å². The predicted octanol–water partition coefficient (Wildman–Crippen LogP) is 1.86. The second kappa shape index (κ2) is 8.51. The van der Waals surface area contributed by atoms with E-state index in [2.05, 4.69) is 10.0 Å². The highest BCUT2D eigenvalue weighted by Gasteiger charge is 2.23. The molecule has 0 aromatic heterocycles. The fourth-order valence-electron chi connectivity index (χ4n) is 2.88. The van der Waals surface area contributed by atoms with Gasteiger partial charge in [0.2, 0.25) is 10.0 Å². The van der Waals surface area contributed by atoms with Gasteiger partial charge in [-0.25, -0.2) is 13.1 Å². The SMILES string of the molecule is COCCNS(=O)(=O)c1ccc(C(=O)NC2CCOc3ccccc32)cc1. The van der Waals surface area contributed by atoms with Crippen molar-refractivity contribution in [1.82, 2.24) is 10.0 Å². The predicted molar refractivity (Wildman–Crippen MR) is 100 cm³/mol. The van der Waals surface area contributed by atoms with Crippen molar-refractivity contribution in [2.24, 2.45) is 0 Å². The lowest BCUT2D eigenvalue weighted by atomic mass is 10.00. The summed E-state index contributed by atoms with van der Waals surface area (Å²) in [5.41, 5.74) is 1.34. The van der Waals surface area contributed by atoms with Crippen LogP contribution in [0.5, 0.6) is 5.75 Å². The minimum Gasteiger partial charge on any atom is -0.493 e. The Labute approximate surface area is 158 Å². The molecule has 7 nitrogen and oxygen atoms in total. The van der Waals surface area contributed by atoms with E-state index in [9.17, 15) is 13.2 Å². The zero-order valence-corrected chi connectivity index (χ0v) is 15.8. The van der Waals surface area contributed by atoms with Crippen LogP contribution in [-0.4, -0.2) is 41.2 Å². The topological polar surface area (TPSA) is 93.7 Å². The number of para-hydroxylation sites is 1. The molecule has 1 atom stereocenters. The number of carbonyl (C=O) groups is 1. The largest absolute Gasteiger partial charge is 0.493 e. The first kappa shape index (κ1) is 19.3. The number of hydrogen-bond donors (Lipinski definition) is 2. The average Bonchev–Trinajstić information content (AvgIpc) is 2.68. The maximum Gasteiger partial charge on any atom is 0.251 e. The van der Waals surface area contributed by atoms with Crippen LogP contribution >= 0.6 is 0 Å². The minimum absolute atomic E-state index is 0.103. The summed E-state index contributed by atoms with van der Waals surface area (Å²) in [5.74, 6) is 0.519. The summed E-state index contributed by atoms with van der Waals surface area (Å²) in [4.78, 5) is 12.7. The Kier molecular flexibility index (Phi) is 6.10. The summed E-state index contributed by atoms with van der Waals surface area (Å²) in [7, 11) is -2.12. The standard InChI is InChI=1S/C19H22N2O5S/c1-25-13-11-20-27(23,24)15-8-6-14(7-9-15)19(22)21-17-10-12-26-18-5-3-2-4-16(17)18/h2-9,17,20H,10-13H2,1H3,(H,21,22). The third-order valence-corrected chi connectivity index (χ3v) is 5.77. The average molecular weight is 390 g/mol. The monoisotopic (exact) mass is 390 g/mol. The van der Waals surface area contributed by atoms with Gasteiger partial charge in [0, 0.05) is 31.2 Å². The van der Waals surface area contributed by atoms with Gasteiger partial charge in [-0.05, 0) is 30.3 Å². The summed E-state index contributed by atoms with van der Waals surface area (Å²) in [5, 5.41) is 2.99. The van der Waals surface area contributed by atoms with Crippen molar-refractivity contribution in [1.29, 1.82) is 0 Å². The second-order valence-corrected chi connectivity index (χ2v) is 7.88. The fraction of sp³-hybridized carbons (Fsp3) is 0.316. The van der Waals surface area contributed by atoms with Crippen molar-refractivity contribution in [2.45, 2.75) is 17.4 Å². The van der Waals surface area contributed by atoms with Crippen LogP contribution in [0.2, 0.25) is 0 Å². The highest BCUT2D eigenvalue weighted by Crippen LogP contribution is 2.31. The van der Waals surface area contributed by atoms with Crippen LogP contribution in [0, 0.1) is 0 Å². The smallest absolute Gasteiger partial charge is 0.251 e. The lowest BCUT2D eigenvalue weighted by molar-refractivity contribution is 0.0924. The molecule has 0 aliphatic carbocycles. The number of rotatable bonds is 7. The van der Waals surface area contributed by atoms with Crippen molar-refractivity contribution in [3.8, 4) is 5.75 Å². The fourth-order valence-corrected chi connectivity index (χ4v) is 3.89. The Morgan fingerprint density at radius 3 is 2.67 bits per heavy atom. The Morgan fingerprint density at radius 2 is 1.93 bits per heavy atom. The van der Waals surface area contributed by atoms with Gasteiger partial charge in [0.15, 0.2) is 0 Å². The highest BCUT2D eigenvalue weighted by molar-refractivity contribution is 7.89. The first-order valence-electron chi connectivity index (χ1n) is 8.62. The van der Waals surface area contributed by atoms with Crippen LogP contribution in [0.1, 0.15) is 28.4 Å². The molecule has 0 radical (unpaired) electrons. The molecule has 1 aliphatic heterocycles. The molecule has 144 valence electrons. The van der Waals surface area contributed by atoms with E-state index in [1.165, 1.54) is 31.4 Å². The third-order valence-electron chi connectivity index (χ3n) is 4.29. The molecule has 27 heavy (non-hydrogen) atoms. The van der Waals surface area contributed by atoms with E-state index >= 15 is 0 Å². The maximum absolute atomic E-state index is 12.6. The van der Waals surface area contributed by atoms with E-state index in [0.717, 1.165) is 11.3 Å². The normalized spacial score (nSPS) is 16.3. The van der Waals surface area contributed by atoms with Gasteiger partial charge in [0.05, 0.1) is 24.2 Å². The Bertz CT molecular complexity index is 897. The number of nitrogens with one attached hydrogen (secondary N) is 2. The molecule has 3 rings (SSSR count). The van der Waals surface area contributed by atoms with Gasteiger partial charge in [-0.3, -0.25) is 4.79 Å². The Balaban J connectivity index is 1.68. The van der Waals surface area contributed by atoms with E-state index in [-0.39, 0.29) is 30.0 Å². The first-order valence-corrected chi connectivity index (χ1v) is 10.1. The lowest BCUT2D eigenvalue weighted by Crippen LogP contribution is -2.32. The number of hydrogen-bond acceptors (Lipinski definition) is 5. The number of methoxy groups -OCH3 is 1. The Morgan fingerprint density at radius 1 is 1.19 bits per heavy atom. The molecule has 1 aliphatic rings. The quantitative estimate of drug-likeness (QED) is 0.704. The molecule has 1 amide bonds. The van der Waals surface area contributed by atoms with Crippen LogP contribution in [0.3, 0.4) is 0 Å². The highest BCUT2D eigenvalue weighted by atomic mass is 32.2. The molecule has 0 spiro atoms. The molecule has 0 saturated carbocycles. The summed E-state index contributed by atoms with van der Waals surface area (Å²) < 4.78 is 37.2. The molecule has 0 saturated heterocycles. The van der Waals surface area contributed by atoms with Crippen LogP contribution in [0.4, 0.5) is 0 Å². The van der Waals surface area contributed by atoms with Crippen molar-refractivity contribution < 1.29 is 22.7 Å². The molecule has 0 bridgehead atoms. The number of carbonyl (C=O) groups excluding carboxylic acids is 1. The molecule has 2 N–H and O–H groups in total. The van der Waals surface area contributed by atoms with E-state index < -0.39 is 10.0 Å². The van der Waals surface area contributed by atoms with Crippen LogP contribution in [0.25, 0.3) is 0 Å². The van der Waals surface area contributed by atoms with Crippen LogP contribution in [-0.2, 0) is 14.8 Å². The zero-order chi connectivity index (χ0) is 19.3. The Hall–Kier alpha value is -2.42. The molecule has 2 aromatic rings. The molecule has 1 heterocycles. The van der Waals surface area contributed by atoms with Crippen molar-refractivity contribution in [3.05, 3.63) is 59.7 Å². The lowest BCUT2D eigenvalue weighted by Gasteiger charge is -2.26. The van der Waals surface area contributed by atoms with Gasteiger partial charge in [0.1, 0.15) is 5.75 Å². The number of ether oxygens (including phenoxy) is 2. The number of benzene rings is 2. The molecular formula is C19H22N2O5S. The number of amides is 1. The van der Waals surface area contributed by atoms with E-state index in [4.69, 9.17) is 9.47 Å². The van der Waals surface area contributed by atoms with Gasteiger partial charge in [-0.15, -0.1) is 0 Å². The van der Waals surface area contributed by atoms with E-state index in [0.29, 0.717) is 18.6 Å². The maximum atomic E-state index is 12.6. The van der Waals surface area contributed by atoms with Gasteiger partial charge in [-0.2, -0.15) is 0 Å². The van der Waals surface area contributed by atoms with Crippen molar-refractivity contribution in [3.63, 3.8) is 0 Å². The number of sulfonamides is 1. The summed E-state index contributed by atoms with van der Waals surface area (Å²) >= 11 is 0. The third kappa shape index (κ3) is 4.65. The number of fused-ring (bicyclic) bond motifs is 1. The van der Waals surface area contributed by atoms with E-state index in [1.807, 2.05) is 24.3 Å². The summed E-state index contributed by atoms with van der Waals surface area (Å²) in [6, 6.07) is 13.3. The molecule has 2 aromatic carbocycles. The van der Waals surface area contributed by atoms with Gasteiger partial charge in [-0.1, -0.05) is 18.2 Å². The molecular weight excluding hydrogens is 368 g/mol. The summed E-state index contributed by atoms with van der Waals surface area (Å²) in [6.07, 6.45) is 0.679. The second-order valence-electron chi connectivity index (χ2n) is 6.12. The molecule has 8 heteroatoms. The molecule has 0 fully saturated rings. The zero-order valence-electron chi connectivity index (χ0n) is 15.0. The van der Waals surface area contributed by atoms with Gasteiger partial charge >= 0.3 is 0 Å². The van der Waals surface area contributed by atoms with Crippen LogP contribution < -0.4 is 14.8 Å². The van der Waals surface area contributed by atoms with Gasteiger partial charge in [0.25, 0.3) is 5.91 Å².